The zero-order chi connectivity index (χ0) is 19.8. The van der Waals surface area contributed by atoms with Gasteiger partial charge in [0.05, 0.1) is 37.8 Å². The molecule has 1 aromatic rings. The second kappa shape index (κ2) is 10.5. The highest BCUT2D eigenvalue weighted by molar-refractivity contribution is 7.72. The Labute approximate surface area is 156 Å². The van der Waals surface area contributed by atoms with Gasteiger partial charge in [0, 0.05) is 6.20 Å². The number of rotatable bonds is 12. The standard InChI is InChI=1S/C16H30N2O6P2/c1-7-21-25(19,22-8-2)16(26(20,23-9-3)24-10-4)18-15-13(5)11-12-17-14(15)6/h11-12,16,18H,7-10H2,1-6H3. The minimum absolute atomic E-state index is 0.124. The van der Waals surface area contributed by atoms with Gasteiger partial charge in [-0.3, -0.25) is 14.1 Å². The van der Waals surface area contributed by atoms with Crippen molar-refractivity contribution >= 4 is 20.9 Å². The minimum Gasteiger partial charge on any atom is -0.360 e. The van der Waals surface area contributed by atoms with Crippen LogP contribution in [0.4, 0.5) is 5.69 Å². The molecule has 0 aliphatic carbocycles. The van der Waals surface area contributed by atoms with Crippen LogP contribution in [0.1, 0.15) is 39.0 Å². The molecule has 150 valence electrons. The van der Waals surface area contributed by atoms with Gasteiger partial charge in [0.1, 0.15) is 0 Å². The van der Waals surface area contributed by atoms with Crippen molar-refractivity contribution in [2.24, 2.45) is 0 Å². The topological polar surface area (TPSA) is 96.0 Å². The summed E-state index contributed by atoms with van der Waals surface area (Å²) in [6.45, 7) is 10.9. The molecule has 0 bridgehead atoms. The van der Waals surface area contributed by atoms with E-state index in [-0.39, 0.29) is 26.4 Å². The summed E-state index contributed by atoms with van der Waals surface area (Å²) in [4.78, 5) is 4.24. The van der Waals surface area contributed by atoms with E-state index in [1.165, 1.54) is 0 Å². The van der Waals surface area contributed by atoms with Crippen LogP contribution >= 0.6 is 15.2 Å². The summed E-state index contributed by atoms with van der Waals surface area (Å²) in [7, 11) is -7.74. The lowest BCUT2D eigenvalue weighted by molar-refractivity contribution is 0.198. The van der Waals surface area contributed by atoms with E-state index in [1.807, 2.05) is 6.92 Å². The molecule has 1 heterocycles. The number of anilines is 1. The molecule has 0 aliphatic rings. The number of nitrogens with one attached hydrogen (secondary N) is 1. The maximum atomic E-state index is 13.5. The summed E-state index contributed by atoms with van der Waals surface area (Å²) in [5, 5.41) is 3.05. The third-order valence-electron chi connectivity index (χ3n) is 3.46. The van der Waals surface area contributed by atoms with Crippen LogP contribution in [0.3, 0.4) is 0 Å². The molecule has 0 atom stereocenters. The highest BCUT2D eigenvalue weighted by Crippen LogP contribution is 2.70. The highest BCUT2D eigenvalue weighted by Gasteiger charge is 2.51. The molecule has 0 fully saturated rings. The SMILES string of the molecule is CCOP(=O)(OCC)C(Nc1c(C)ccnc1C)P(=O)(OCC)OCC. The van der Waals surface area contributed by atoms with Gasteiger partial charge in [-0.1, -0.05) is 0 Å². The molecular weight excluding hydrogens is 378 g/mol. The Bertz CT molecular complexity index is 600. The third kappa shape index (κ3) is 5.62. The van der Waals surface area contributed by atoms with Crippen molar-refractivity contribution in [3.05, 3.63) is 23.5 Å². The van der Waals surface area contributed by atoms with E-state index in [1.54, 1.807) is 46.9 Å². The first-order valence-corrected chi connectivity index (χ1v) is 12.0. The van der Waals surface area contributed by atoms with Gasteiger partial charge in [-0.15, -0.1) is 0 Å². The number of pyridine rings is 1. The first-order valence-electron chi connectivity index (χ1n) is 8.74. The summed E-state index contributed by atoms with van der Waals surface area (Å²) in [5.41, 5.74) is 0.795. The Morgan fingerprint density at radius 3 is 1.69 bits per heavy atom. The smallest absolute Gasteiger partial charge is 0.360 e. The van der Waals surface area contributed by atoms with Gasteiger partial charge in [0.2, 0.25) is 5.52 Å². The largest absolute Gasteiger partial charge is 0.365 e. The van der Waals surface area contributed by atoms with E-state index < -0.39 is 20.7 Å². The van der Waals surface area contributed by atoms with Crippen molar-refractivity contribution in [2.75, 3.05) is 31.7 Å². The van der Waals surface area contributed by atoms with Crippen molar-refractivity contribution in [3.63, 3.8) is 0 Å². The number of aryl methyl sites for hydroxylation is 2. The van der Waals surface area contributed by atoms with Crippen LogP contribution in [0.25, 0.3) is 0 Å². The average Bonchev–Trinajstić information content (AvgIpc) is 2.55. The second-order valence-corrected chi connectivity index (χ2v) is 9.99. The van der Waals surface area contributed by atoms with Gasteiger partial charge in [0.15, 0.2) is 0 Å². The first kappa shape index (κ1) is 23.3. The second-order valence-electron chi connectivity index (χ2n) is 5.36. The van der Waals surface area contributed by atoms with Crippen LogP contribution in [0.15, 0.2) is 12.3 Å². The van der Waals surface area contributed by atoms with E-state index >= 15 is 0 Å². The molecule has 1 aromatic heterocycles. The third-order valence-corrected chi connectivity index (χ3v) is 9.08. The molecule has 0 unspecified atom stereocenters. The average molecular weight is 408 g/mol. The van der Waals surface area contributed by atoms with Crippen LogP contribution in [-0.2, 0) is 27.2 Å². The van der Waals surface area contributed by atoms with E-state index in [9.17, 15) is 9.13 Å². The van der Waals surface area contributed by atoms with Gasteiger partial charge in [0.25, 0.3) is 0 Å². The molecule has 10 heteroatoms. The van der Waals surface area contributed by atoms with Crippen LogP contribution in [0.2, 0.25) is 0 Å². The van der Waals surface area contributed by atoms with Gasteiger partial charge in [-0.25, -0.2) is 0 Å². The highest BCUT2D eigenvalue weighted by atomic mass is 31.2. The van der Waals surface area contributed by atoms with Crippen LogP contribution < -0.4 is 5.32 Å². The molecule has 0 spiro atoms. The number of hydrogen-bond donors (Lipinski definition) is 1. The van der Waals surface area contributed by atoms with Crippen LogP contribution in [-0.4, -0.2) is 36.9 Å². The Morgan fingerprint density at radius 2 is 1.35 bits per heavy atom. The van der Waals surface area contributed by atoms with Crippen molar-refractivity contribution < 1.29 is 27.2 Å². The number of hydrogen-bond acceptors (Lipinski definition) is 8. The molecule has 0 radical (unpaired) electrons. The molecule has 26 heavy (non-hydrogen) atoms. The predicted octanol–water partition coefficient (Wildman–Crippen LogP) is 4.93. The molecule has 0 saturated heterocycles. The molecule has 0 amide bonds. The molecule has 8 nitrogen and oxygen atoms in total. The maximum absolute atomic E-state index is 13.5. The van der Waals surface area contributed by atoms with Gasteiger partial charge < -0.3 is 23.4 Å². The molecule has 1 N–H and O–H groups in total. The molecule has 0 saturated carbocycles. The minimum atomic E-state index is -3.87. The van der Waals surface area contributed by atoms with Gasteiger partial charge in [-0.2, -0.15) is 0 Å². The van der Waals surface area contributed by atoms with E-state index in [0.717, 1.165) is 5.56 Å². The zero-order valence-electron chi connectivity index (χ0n) is 16.4. The van der Waals surface area contributed by atoms with Crippen molar-refractivity contribution in [3.8, 4) is 0 Å². The number of nitrogens with zero attached hydrogens (tertiary/aromatic N) is 1. The Morgan fingerprint density at radius 1 is 0.923 bits per heavy atom. The normalized spacial score (nSPS) is 12.6. The van der Waals surface area contributed by atoms with Gasteiger partial charge in [-0.05, 0) is 53.2 Å². The van der Waals surface area contributed by atoms with Crippen LogP contribution in [0, 0.1) is 13.8 Å². The molecule has 1 rings (SSSR count). The lowest BCUT2D eigenvalue weighted by atomic mass is 10.2. The monoisotopic (exact) mass is 408 g/mol. The number of aromatic nitrogens is 1. The summed E-state index contributed by atoms with van der Waals surface area (Å²) < 4.78 is 48.7. The first-order chi connectivity index (χ1) is 12.3. The Hall–Kier alpha value is -0.750. The van der Waals surface area contributed by atoms with E-state index in [0.29, 0.717) is 11.4 Å². The molecule has 0 aromatic carbocycles. The predicted molar refractivity (Wildman–Crippen MR) is 103 cm³/mol. The molecule has 0 aliphatic heterocycles. The fraction of sp³-hybridized carbons (Fsp3) is 0.688. The maximum Gasteiger partial charge on any atom is 0.365 e. The van der Waals surface area contributed by atoms with Crippen molar-refractivity contribution in [1.29, 1.82) is 0 Å². The Balaban J connectivity index is 3.50. The fourth-order valence-corrected chi connectivity index (χ4v) is 7.36. The summed E-state index contributed by atoms with van der Waals surface area (Å²) in [6.07, 6.45) is 1.67. The van der Waals surface area contributed by atoms with Crippen LogP contribution in [0.5, 0.6) is 0 Å². The molecular formula is C16H30N2O6P2. The van der Waals surface area contributed by atoms with Gasteiger partial charge >= 0.3 is 15.2 Å². The summed E-state index contributed by atoms with van der Waals surface area (Å²) in [6, 6.07) is 1.80. The van der Waals surface area contributed by atoms with Crippen molar-refractivity contribution in [2.45, 2.75) is 47.1 Å². The fourth-order valence-electron chi connectivity index (χ4n) is 2.45. The lowest BCUT2D eigenvalue weighted by Crippen LogP contribution is -2.26. The zero-order valence-corrected chi connectivity index (χ0v) is 18.1. The van der Waals surface area contributed by atoms with Crippen molar-refractivity contribution in [1.82, 2.24) is 4.98 Å². The lowest BCUT2D eigenvalue weighted by Gasteiger charge is -2.32. The Kier molecular flexibility index (Phi) is 9.45. The summed E-state index contributed by atoms with van der Waals surface area (Å²) >= 11 is 0. The van der Waals surface area contributed by atoms with E-state index in [2.05, 4.69) is 10.3 Å². The quantitative estimate of drug-likeness (QED) is 0.487. The summed E-state index contributed by atoms with van der Waals surface area (Å²) in [5.74, 6) is 0. The van der Waals surface area contributed by atoms with E-state index in [4.69, 9.17) is 18.1 Å².